The highest BCUT2D eigenvalue weighted by molar-refractivity contribution is 6.20. The van der Waals surface area contributed by atoms with Gasteiger partial charge >= 0.3 is 0 Å². The number of hydrogen-bond donors (Lipinski definition) is 1. The van der Waals surface area contributed by atoms with Gasteiger partial charge in [-0.25, -0.2) is 0 Å². The van der Waals surface area contributed by atoms with Gasteiger partial charge in [0.2, 0.25) is 0 Å². The molecule has 2 heterocycles. The Morgan fingerprint density at radius 3 is 2.62 bits per heavy atom. The van der Waals surface area contributed by atoms with E-state index in [0.717, 1.165) is 65.0 Å². The maximum atomic E-state index is 14.0. The lowest BCUT2D eigenvalue weighted by atomic mass is 9.71. The van der Waals surface area contributed by atoms with Crippen molar-refractivity contribution in [2.75, 3.05) is 13.1 Å². The second-order valence-corrected chi connectivity index (χ2v) is 11.7. The molecular weight excluding hydrogens is 460 g/mol. The Morgan fingerprint density at radius 1 is 1.11 bits per heavy atom. The molecule has 0 spiro atoms. The summed E-state index contributed by atoms with van der Waals surface area (Å²) in [6, 6.07) is 10.5. The number of likely N-dealkylation sites (tertiary alicyclic amines) is 1. The number of H-pyrrole nitrogens is 1. The summed E-state index contributed by atoms with van der Waals surface area (Å²) in [6.45, 7) is 10.5. The summed E-state index contributed by atoms with van der Waals surface area (Å²) in [5.74, 6) is 4.10. The summed E-state index contributed by atoms with van der Waals surface area (Å²) >= 11 is 0. The van der Waals surface area contributed by atoms with Crippen LogP contribution in [-0.2, 0) is 5.41 Å². The van der Waals surface area contributed by atoms with Crippen LogP contribution in [0.1, 0.15) is 92.5 Å². The Kier molecular flexibility index (Phi) is 5.84. The van der Waals surface area contributed by atoms with E-state index >= 15 is 0 Å². The van der Waals surface area contributed by atoms with Gasteiger partial charge in [-0.15, -0.1) is 6.42 Å². The zero-order chi connectivity index (χ0) is 25.9. The Bertz CT molecular complexity index is 1420. The fourth-order valence-corrected chi connectivity index (χ4v) is 6.29. The Morgan fingerprint density at radius 2 is 1.92 bits per heavy atom. The van der Waals surface area contributed by atoms with Crippen molar-refractivity contribution in [3.05, 3.63) is 58.3 Å². The first-order chi connectivity index (χ1) is 17.8. The average Bonchev–Trinajstić information content (AvgIpc) is 3.22. The Balaban J connectivity index is 1.41. The predicted octanol–water partition coefficient (Wildman–Crippen LogP) is 6.20. The van der Waals surface area contributed by atoms with Crippen LogP contribution in [0.15, 0.2) is 30.3 Å². The molecule has 2 aliphatic carbocycles. The lowest BCUT2D eigenvalue weighted by Crippen LogP contribution is -2.49. The maximum Gasteiger partial charge on any atom is 0.195 e. The molecule has 6 rings (SSSR count). The van der Waals surface area contributed by atoms with E-state index in [2.05, 4.69) is 35.7 Å². The number of piperidine rings is 1. The minimum Gasteiger partial charge on any atom is -0.487 e. The lowest BCUT2D eigenvalue weighted by molar-refractivity contribution is 0.0339. The van der Waals surface area contributed by atoms with Crippen molar-refractivity contribution < 1.29 is 14.3 Å². The molecule has 192 valence electrons. The Hall–Kier alpha value is -3.23. The molecule has 1 aromatic heterocycles. The number of benzene rings is 2. The zero-order valence-corrected chi connectivity index (χ0v) is 22.3. The molecule has 1 unspecified atom stereocenters. The van der Waals surface area contributed by atoms with Crippen LogP contribution in [0.25, 0.3) is 10.9 Å². The SMILES string of the molecule is C#Cc1ccc2c3c([nH]c2c1)C(C)(C)c1cc(OC2CCCN(C4CCC4)C2)c(OC(C)C)cc1C3=O. The van der Waals surface area contributed by atoms with Gasteiger partial charge in [0.1, 0.15) is 6.10 Å². The van der Waals surface area contributed by atoms with Crippen LogP contribution in [-0.4, -0.2) is 47.0 Å². The molecular formula is C32H36N2O3. The van der Waals surface area contributed by atoms with Crippen molar-refractivity contribution in [1.29, 1.82) is 0 Å². The summed E-state index contributed by atoms with van der Waals surface area (Å²) in [5.41, 5.74) is 4.56. The van der Waals surface area contributed by atoms with E-state index in [0.29, 0.717) is 17.4 Å². The number of nitrogens with one attached hydrogen (secondary N) is 1. The monoisotopic (exact) mass is 496 g/mol. The largest absolute Gasteiger partial charge is 0.487 e. The number of fused-ring (bicyclic) bond motifs is 4. The van der Waals surface area contributed by atoms with Gasteiger partial charge < -0.3 is 14.5 Å². The van der Waals surface area contributed by atoms with Crippen LogP contribution >= 0.6 is 0 Å². The molecule has 1 aliphatic heterocycles. The van der Waals surface area contributed by atoms with Gasteiger partial charge in [0.25, 0.3) is 0 Å². The minimum atomic E-state index is -0.424. The minimum absolute atomic E-state index is 0.0120. The first-order valence-corrected chi connectivity index (χ1v) is 13.7. The number of aromatic amines is 1. The van der Waals surface area contributed by atoms with Crippen molar-refractivity contribution in [3.63, 3.8) is 0 Å². The first-order valence-electron chi connectivity index (χ1n) is 13.7. The normalized spacial score (nSPS) is 21.3. The van der Waals surface area contributed by atoms with Crippen molar-refractivity contribution in [2.24, 2.45) is 0 Å². The smallest absolute Gasteiger partial charge is 0.195 e. The predicted molar refractivity (Wildman–Crippen MR) is 147 cm³/mol. The van der Waals surface area contributed by atoms with Gasteiger partial charge in [0, 0.05) is 45.7 Å². The first kappa shape index (κ1) is 24.1. The zero-order valence-electron chi connectivity index (χ0n) is 22.3. The number of rotatable bonds is 5. The summed E-state index contributed by atoms with van der Waals surface area (Å²) in [6.07, 6.45) is 11.9. The number of terminal acetylenes is 1. The molecule has 5 nitrogen and oxygen atoms in total. The van der Waals surface area contributed by atoms with Crippen LogP contribution in [0.2, 0.25) is 0 Å². The molecule has 2 aromatic carbocycles. The van der Waals surface area contributed by atoms with Gasteiger partial charge in [0.05, 0.1) is 11.7 Å². The fourth-order valence-electron chi connectivity index (χ4n) is 6.29. The summed E-state index contributed by atoms with van der Waals surface area (Å²) in [7, 11) is 0. The van der Waals surface area contributed by atoms with E-state index in [1.54, 1.807) is 0 Å². The molecule has 3 aromatic rings. The van der Waals surface area contributed by atoms with Crippen LogP contribution < -0.4 is 9.47 Å². The average molecular weight is 497 g/mol. The molecule has 5 heteroatoms. The van der Waals surface area contributed by atoms with Crippen LogP contribution in [0.3, 0.4) is 0 Å². The number of carbonyl (C=O) groups is 1. The van der Waals surface area contributed by atoms with Crippen molar-refractivity contribution >= 4 is 16.7 Å². The topological polar surface area (TPSA) is 54.6 Å². The molecule has 1 saturated heterocycles. The van der Waals surface area contributed by atoms with Crippen LogP contribution in [0.4, 0.5) is 0 Å². The molecule has 1 N–H and O–H groups in total. The molecule has 0 amide bonds. The Labute approximate surface area is 219 Å². The molecule has 37 heavy (non-hydrogen) atoms. The maximum absolute atomic E-state index is 14.0. The van der Waals surface area contributed by atoms with Crippen LogP contribution in [0, 0.1) is 12.3 Å². The van der Waals surface area contributed by atoms with Gasteiger partial charge in [0.15, 0.2) is 17.3 Å². The number of carbonyl (C=O) groups excluding carboxylic acids is 1. The number of hydrogen-bond acceptors (Lipinski definition) is 4. The van der Waals surface area contributed by atoms with E-state index in [9.17, 15) is 4.79 Å². The highest BCUT2D eigenvalue weighted by atomic mass is 16.5. The summed E-state index contributed by atoms with van der Waals surface area (Å²) in [4.78, 5) is 20.1. The number of ether oxygens (including phenoxy) is 2. The standard InChI is InChI=1S/C32H36N2O3/c1-6-20-12-13-23-26(15-20)33-31-29(23)30(35)24-16-27(36-19(2)3)28(17-25(24)32(31,4)5)37-22-11-8-14-34(18-22)21-9-7-10-21/h1,12-13,15-17,19,21-22,33H,7-11,14,18H2,2-5H3. The molecule has 1 atom stereocenters. The molecule has 0 radical (unpaired) electrons. The van der Waals surface area contributed by atoms with Gasteiger partial charge in [-0.05, 0) is 75.9 Å². The van der Waals surface area contributed by atoms with E-state index in [4.69, 9.17) is 15.9 Å². The van der Waals surface area contributed by atoms with E-state index in [-0.39, 0.29) is 18.0 Å². The quantitative estimate of drug-likeness (QED) is 0.427. The number of aromatic nitrogens is 1. The van der Waals surface area contributed by atoms with Crippen molar-refractivity contribution in [2.45, 2.75) is 83.5 Å². The van der Waals surface area contributed by atoms with E-state index in [1.807, 2.05) is 38.1 Å². The second kappa shape index (κ2) is 8.96. The van der Waals surface area contributed by atoms with Gasteiger partial charge in [-0.3, -0.25) is 9.69 Å². The molecule has 1 saturated carbocycles. The number of nitrogens with zero attached hydrogens (tertiary/aromatic N) is 1. The van der Waals surface area contributed by atoms with Gasteiger partial charge in [-0.1, -0.05) is 32.3 Å². The summed E-state index contributed by atoms with van der Waals surface area (Å²) in [5, 5.41) is 0.905. The third-order valence-electron chi connectivity index (χ3n) is 8.48. The third kappa shape index (κ3) is 4.03. The van der Waals surface area contributed by atoms with Crippen molar-refractivity contribution in [3.8, 4) is 23.8 Å². The lowest BCUT2D eigenvalue weighted by Gasteiger charge is -2.42. The van der Waals surface area contributed by atoms with Gasteiger partial charge in [-0.2, -0.15) is 0 Å². The molecule has 3 aliphatic rings. The van der Waals surface area contributed by atoms with Crippen molar-refractivity contribution in [1.82, 2.24) is 9.88 Å². The molecule has 0 bridgehead atoms. The highest BCUT2D eigenvalue weighted by Crippen LogP contribution is 2.47. The van der Waals surface area contributed by atoms with Crippen LogP contribution in [0.5, 0.6) is 11.5 Å². The summed E-state index contributed by atoms with van der Waals surface area (Å²) < 4.78 is 12.9. The fraction of sp³-hybridized carbons (Fsp3) is 0.469. The third-order valence-corrected chi connectivity index (χ3v) is 8.48. The highest BCUT2D eigenvalue weighted by Gasteiger charge is 2.41. The second-order valence-electron chi connectivity index (χ2n) is 11.7. The van der Waals surface area contributed by atoms with E-state index < -0.39 is 5.41 Å². The molecule has 2 fully saturated rings. The number of ketones is 1. The van der Waals surface area contributed by atoms with E-state index in [1.165, 1.54) is 19.3 Å².